The molecular formula is C20H30N4O6. The number of carboxylic acids is 1. The van der Waals surface area contributed by atoms with Crippen LogP contribution in [0.15, 0.2) is 21.8 Å². The number of rotatable bonds is 12. The Bertz CT molecular complexity index is 716. The van der Waals surface area contributed by atoms with Gasteiger partial charge in [-0.05, 0) is 24.3 Å². The van der Waals surface area contributed by atoms with Crippen molar-refractivity contribution in [1.29, 1.82) is 0 Å². The Morgan fingerprint density at radius 1 is 1.20 bits per heavy atom. The molecule has 0 bridgehead atoms. The number of carbonyl (C=O) groups is 4. The van der Waals surface area contributed by atoms with Gasteiger partial charge in [-0.15, -0.1) is 0 Å². The van der Waals surface area contributed by atoms with Gasteiger partial charge in [0.2, 0.25) is 11.8 Å². The summed E-state index contributed by atoms with van der Waals surface area (Å²) in [4.78, 5) is 55.9. The fraction of sp³-hybridized carbons (Fsp3) is 0.600. The molecule has 1 aliphatic heterocycles. The maximum absolute atomic E-state index is 12.9. The third-order valence-corrected chi connectivity index (χ3v) is 4.73. The van der Waals surface area contributed by atoms with E-state index >= 15 is 0 Å². The summed E-state index contributed by atoms with van der Waals surface area (Å²) in [7, 11) is 1.25. The molecule has 0 saturated heterocycles. The van der Waals surface area contributed by atoms with Crippen molar-refractivity contribution in [2.75, 3.05) is 7.11 Å². The molecule has 0 aromatic heterocycles. The van der Waals surface area contributed by atoms with Gasteiger partial charge in [0.25, 0.3) is 0 Å². The van der Waals surface area contributed by atoms with E-state index in [1.165, 1.54) is 13.4 Å². The van der Waals surface area contributed by atoms with Crippen LogP contribution in [0, 0.1) is 5.92 Å². The predicted molar refractivity (Wildman–Crippen MR) is 111 cm³/mol. The highest BCUT2D eigenvalue weighted by Crippen LogP contribution is 2.14. The van der Waals surface area contributed by atoms with Gasteiger partial charge in [-0.3, -0.25) is 14.4 Å². The molecule has 0 radical (unpaired) electrons. The monoisotopic (exact) mass is 422 g/mol. The number of hydrogen-bond donors (Lipinski definition) is 3. The van der Waals surface area contributed by atoms with Crippen LogP contribution in [0.2, 0.25) is 0 Å². The number of nitrogens with one attached hydrogen (secondary N) is 2. The summed E-state index contributed by atoms with van der Waals surface area (Å²) in [5.41, 5.74) is 0.775. The fourth-order valence-electron chi connectivity index (χ4n) is 2.77. The summed E-state index contributed by atoms with van der Waals surface area (Å²) < 4.78 is 4.79. The van der Waals surface area contributed by atoms with Crippen LogP contribution in [0.3, 0.4) is 0 Å². The molecule has 3 atom stereocenters. The van der Waals surface area contributed by atoms with Gasteiger partial charge in [-0.25, -0.2) is 14.8 Å². The van der Waals surface area contributed by atoms with Gasteiger partial charge in [0.05, 0.1) is 7.11 Å². The highest BCUT2D eigenvalue weighted by Gasteiger charge is 2.30. The van der Waals surface area contributed by atoms with Gasteiger partial charge in [-0.1, -0.05) is 20.3 Å². The Balaban J connectivity index is 2.92. The van der Waals surface area contributed by atoms with Crippen LogP contribution in [0.5, 0.6) is 0 Å². The molecule has 3 N–H and O–H groups in total. The van der Waals surface area contributed by atoms with Crippen LogP contribution in [-0.4, -0.2) is 60.6 Å². The molecule has 0 aromatic rings. The number of esters is 1. The van der Waals surface area contributed by atoms with Gasteiger partial charge in [0.1, 0.15) is 18.4 Å². The van der Waals surface area contributed by atoms with Crippen molar-refractivity contribution in [3.63, 3.8) is 0 Å². The maximum Gasteiger partial charge on any atom is 0.328 e. The zero-order valence-corrected chi connectivity index (χ0v) is 17.6. The number of amides is 2. The topological polar surface area (TPSA) is 147 Å². The van der Waals surface area contributed by atoms with Gasteiger partial charge >= 0.3 is 11.9 Å². The van der Waals surface area contributed by atoms with E-state index in [1.54, 1.807) is 12.4 Å². The van der Waals surface area contributed by atoms with Crippen molar-refractivity contribution in [2.24, 2.45) is 15.9 Å². The standard InChI is InChI=1S/C20H30N4O6/c1-4-13(2)18(20(29)30-3)24-19(28)15(10-14-8-9-21-12-22-11-14)23-16(25)6-5-7-17(26)27/h9,11-13,15,18H,4-8,10H2,1-3H3,(H,23,25)(H,24,28)(H,26,27). The second-order valence-electron chi connectivity index (χ2n) is 7.05. The number of ether oxygens (including phenoxy) is 1. The first-order chi connectivity index (χ1) is 14.3. The average molecular weight is 422 g/mol. The molecule has 3 unspecified atom stereocenters. The number of methoxy groups -OCH3 is 1. The minimum Gasteiger partial charge on any atom is -0.481 e. The SMILES string of the molecule is CCC(C)C(NC(=O)C(CC1=CN=CN=CC1)NC(=O)CCCC(=O)O)C(=O)OC. The normalized spacial score (nSPS) is 15.9. The summed E-state index contributed by atoms with van der Waals surface area (Å²) >= 11 is 0. The van der Waals surface area contributed by atoms with Crippen LogP contribution in [0.1, 0.15) is 52.4 Å². The Hall–Kier alpha value is -3.04. The second-order valence-corrected chi connectivity index (χ2v) is 7.05. The smallest absolute Gasteiger partial charge is 0.328 e. The second kappa shape index (κ2) is 13.2. The molecule has 0 aliphatic carbocycles. The molecule has 0 spiro atoms. The number of aliphatic imine (C=N–C) groups is 2. The molecule has 1 aliphatic rings. The average Bonchev–Trinajstić information content (AvgIpc) is 2.98. The van der Waals surface area contributed by atoms with Gasteiger partial charge in [0, 0.05) is 31.7 Å². The summed E-state index contributed by atoms with van der Waals surface area (Å²) in [5, 5.41) is 14.0. The molecule has 166 valence electrons. The zero-order chi connectivity index (χ0) is 22.5. The molecule has 0 fully saturated rings. The molecule has 0 aromatic carbocycles. The highest BCUT2D eigenvalue weighted by atomic mass is 16.5. The van der Waals surface area contributed by atoms with Crippen LogP contribution in [0.25, 0.3) is 0 Å². The molecule has 1 rings (SSSR count). The van der Waals surface area contributed by atoms with Crippen LogP contribution >= 0.6 is 0 Å². The van der Waals surface area contributed by atoms with Crippen molar-refractivity contribution < 1.29 is 29.0 Å². The third-order valence-electron chi connectivity index (χ3n) is 4.73. The minimum absolute atomic E-state index is 0.0273. The van der Waals surface area contributed by atoms with E-state index in [-0.39, 0.29) is 31.6 Å². The fourth-order valence-corrected chi connectivity index (χ4v) is 2.77. The maximum atomic E-state index is 12.9. The molecular weight excluding hydrogens is 392 g/mol. The van der Waals surface area contributed by atoms with Crippen molar-refractivity contribution in [3.05, 3.63) is 11.8 Å². The van der Waals surface area contributed by atoms with Gasteiger partial charge in [-0.2, -0.15) is 0 Å². The lowest BCUT2D eigenvalue weighted by Crippen LogP contribution is -2.53. The molecule has 10 heteroatoms. The van der Waals surface area contributed by atoms with E-state index in [0.717, 1.165) is 5.57 Å². The Morgan fingerprint density at radius 3 is 2.57 bits per heavy atom. The van der Waals surface area contributed by atoms with Crippen molar-refractivity contribution in [1.82, 2.24) is 10.6 Å². The van der Waals surface area contributed by atoms with Gasteiger partial charge < -0.3 is 20.5 Å². The number of nitrogens with zero attached hydrogens (tertiary/aromatic N) is 2. The van der Waals surface area contributed by atoms with E-state index in [1.807, 2.05) is 13.8 Å². The lowest BCUT2D eigenvalue weighted by atomic mass is 9.97. The first-order valence-electron chi connectivity index (χ1n) is 9.89. The number of aliphatic carboxylic acids is 1. The van der Waals surface area contributed by atoms with Crippen molar-refractivity contribution in [3.8, 4) is 0 Å². The molecule has 1 heterocycles. The lowest BCUT2D eigenvalue weighted by Gasteiger charge is -2.25. The van der Waals surface area contributed by atoms with Crippen molar-refractivity contribution in [2.45, 2.75) is 64.5 Å². The third kappa shape index (κ3) is 8.97. The lowest BCUT2D eigenvalue weighted by molar-refractivity contribution is -0.147. The van der Waals surface area contributed by atoms with E-state index < -0.39 is 35.8 Å². The highest BCUT2D eigenvalue weighted by molar-refractivity contribution is 5.91. The van der Waals surface area contributed by atoms with Crippen LogP contribution < -0.4 is 10.6 Å². The molecule has 30 heavy (non-hydrogen) atoms. The Morgan fingerprint density at radius 2 is 1.93 bits per heavy atom. The van der Waals surface area contributed by atoms with Gasteiger partial charge in [0.15, 0.2) is 0 Å². The minimum atomic E-state index is -0.993. The molecule has 0 saturated carbocycles. The molecule has 2 amide bonds. The summed E-state index contributed by atoms with van der Waals surface area (Å²) in [5.74, 6) is -2.69. The first-order valence-corrected chi connectivity index (χ1v) is 9.89. The molecule has 10 nitrogen and oxygen atoms in total. The number of carboxylic acid groups (broad SMARTS) is 1. The Kier molecular flexibility index (Phi) is 11.0. The summed E-state index contributed by atoms with van der Waals surface area (Å²) in [6, 6.07) is -1.80. The quantitative estimate of drug-likeness (QED) is 0.403. The van der Waals surface area contributed by atoms with E-state index in [9.17, 15) is 19.2 Å². The first kappa shape index (κ1) is 25.0. The summed E-state index contributed by atoms with van der Waals surface area (Å²) in [6.07, 6.45) is 5.87. The largest absolute Gasteiger partial charge is 0.481 e. The number of hydrogen-bond acceptors (Lipinski definition) is 7. The zero-order valence-electron chi connectivity index (χ0n) is 17.6. The Labute approximate surface area is 175 Å². The summed E-state index contributed by atoms with van der Waals surface area (Å²) in [6.45, 7) is 3.71. The van der Waals surface area contributed by atoms with Crippen LogP contribution in [-0.2, 0) is 23.9 Å². The van der Waals surface area contributed by atoms with Crippen LogP contribution in [0.4, 0.5) is 0 Å². The van der Waals surface area contributed by atoms with Crippen molar-refractivity contribution >= 4 is 36.3 Å². The van der Waals surface area contributed by atoms with E-state index in [0.29, 0.717) is 12.8 Å². The number of carbonyl (C=O) groups excluding carboxylic acids is 3. The van der Waals surface area contributed by atoms with E-state index in [2.05, 4.69) is 20.6 Å². The van der Waals surface area contributed by atoms with E-state index in [4.69, 9.17) is 9.84 Å². The predicted octanol–water partition coefficient (Wildman–Crippen LogP) is 1.21.